The van der Waals surface area contributed by atoms with Crippen LogP contribution in [-0.4, -0.2) is 5.78 Å². The van der Waals surface area contributed by atoms with Gasteiger partial charge >= 0.3 is 0 Å². The number of ketones is 1. The predicted molar refractivity (Wildman–Crippen MR) is 106 cm³/mol. The average molecular weight is 485 g/mol. The highest BCUT2D eigenvalue weighted by atomic mass is 35.5. The third kappa shape index (κ3) is 3.93. The van der Waals surface area contributed by atoms with Crippen molar-refractivity contribution in [3.05, 3.63) is 98.3 Å². The van der Waals surface area contributed by atoms with E-state index in [2.05, 4.69) is 0 Å². The highest BCUT2D eigenvalue weighted by Crippen LogP contribution is 2.38. The fourth-order valence-corrected chi connectivity index (χ4v) is 3.49. The third-order valence-electron chi connectivity index (χ3n) is 4.90. The quantitative estimate of drug-likeness (QED) is 0.179. The second kappa shape index (κ2) is 8.47. The minimum atomic E-state index is -2.27. The number of hydrogen-bond donors (Lipinski definition) is 0. The smallest absolute Gasteiger partial charge is 0.232 e. The van der Waals surface area contributed by atoms with Crippen LogP contribution in [0.25, 0.3) is 6.08 Å². The summed E-state index contributed by atoms with van der Waals surface area (Å²) in [6.07, 6.45) is 1.13. The second-order valence-electron chi connectivity index (χ2n) is 7.03. The second-order valence-corrected chi connectivity index (χ2v) is 7.43. The van der Waals surface area contributed by atoms with Crippen LogP contribution in [0.15, 0.2) is 36.1 Å². The van der Waals surface area contributed by atoms with Crippen LogP contribution < -0.4 is 9.47 Å². The lowest BCUT2D eigenvalue weighted by Crippen LogP contribution is -2.10. The number of carbonyl (C=O) groups is 1. The Labute approximate surface area is 187 Å². The van der Waals surface area contributed by atoms with E-state index in [1.807, 2.05) is 0 Å². The van der Waals surface area contributed by atoms with Gasteiger partial charge in [0.25, 0.3) is 0 Å². The molecule has 170 valence electrons. The van der Waals surface area contributed by atoms with E-state index in [1.165, 1.54) is 31.2 Å². The lowest BCUT2D eigenvalue weighted by Gasteiger charge is -2.11. The SMILES string of the molecule is Cc1cc(OCc2c(F)c(F)c(F)c(F)c2F)cc2c1C(=O)/C(=C/c1c(F)cccc1Cl)O2. The van der Waals surface area contributed by atoms with Gasteiger partial charge in [0.15, 0.2) is 29.0 Å². The number of ether oxygens (including phenoxy) is 2. The Hall–Kier alpha value is -3.46. The van der Waals surface area contributed by atoms with Crippen LogP contribution in [0.2, 0.25) is 5.02 Å². The van der Waals surface area contributed by atoms with E-state index in [9.17, 15) is 31.1 Å². The average Bonchev–Trinajstić information content (AvgIpc) is 3.09. The number of Topliss-reactive ketones (excluding diaryl/α,β-unsaturated/α-hetero) is 1. The van der Waals surface area contributed by atoms with Gasteiger partial charge < -0.3 is 9.47 Å². The maximum atomic E-state index is 14.1. The summed E-state index contributed by atoms with van der Waals surface area (Å²) in [6.45, 7) is 0.538. The van der Waals surface area contributed by atoms with E-state index >= 15 is 0 Å². The summed E-state index contributed by atoms with van der Waals surface area (Å²) in [5, 5.41) is 0.0541. The van der Waals surface area contributed by atoms with Gasteiger partial charge in [-0.05, 0) is 36.8 Å². The molecule has 3 nitrogen and oxygen atoms in total. The van der Waals surface area contributed by atoms with Crippen LogP contribution in [0.1, 0.15) is 27.0 Å². The summed E-state index contributed by atoms with van der Waals surface area (Å²) >= 11 is 5.97. The standard InChI is InChI=1S/C23H11ClF6O3/c1-9-5-10(32-8-12-18(26)20(28)22(30)21(29)19(12)27)6-15-17(9)23(31)16(33-15)7-11-13(24)3-2-4-14(11)25/h2-7H,8H2,1H3/b16-7-. The molecule has 3 aromatic carbocycles. The van der Waals surface area contributed by atoms with E-state index < -0.39 is 52.9 Å². The van der Waals surface area contributed by atoms with Crippen molar-refractivity contribution in [1.82, 2.24) is 0 Å². The molecule has 3 aromatic rings. The highest BCUT2D eigenvalue weighted by molar-refractivity contribution is 6.32. The van der Waals surface area contributed by atoms with Crippen molar-refractivity contribution in [3.63, 3.8) is 0 Å². The van der Waals surface area contributed by atoms with Crippen LogP contribution in [0.5, 0.6) is 11.5 Å². The number of carbonyl (C=O) groups excluding carboxylic acids is 1. The van der Waals surface area contributed by atoms with Gasteiger partial charge in [0, 0.05) is 11.6 Å². The number of benzene rings is 3. The van der Waals surface area contributed by atoms with Gasteiger partial charge in [0.2, 0.25) is 11.6 Å². The van der Waals surface area contributed by atoms with Crippen molar-refractivity contribution >= 4 is 23.5 Å². The topological polar surface area (TPSA) is 35.5 Å². The van der Waals surface area contributed by atoms with Crippen LogP contribution in [0.4, 0.5) is 26.3 Å². The molecule has 1 aliphatic rings. The molecule has 0 atom stereocenters. The molecule has 10 heteroatoms. The van der Waals surface area contributed by atoms with Gasteiger partial charge in [-0.15, -0.1) is 0 Å². The number of halogens is 7. The number of rotatable bonds is 4. The van der Waals surface area contributed by atoms with Gasteiger partial charge in [0.1, 0.15) is 23.9 Å². The molecule has 0 amide bonds. The first-order valence-corrected chi connectivity index (χ1v) is 9.64. The number of fused-ring (bicyclic) bond motifs is 1. The van der Waals surface area contributed by atoms with Gasteiger partial charge in [-0.25, -0.2) is 26.3 Å². The zero-order chi connectivity index (χ0) is 24.0. The van der Waals surface area contributed by atoms with E-state index in [1.54, 1.807) is 0 Å². The Bertz CT molecular complexity index is 1300. The molecule has 1 heterocycles. The number of aryl methyl sites for hydroxylation is 1. The van der Waals surface area contributed by atoms with Crippen molar-refractivity contribution in [3.8, 4) is 11.5 Å². The molecule has 0 saturated heterocycles. The zero-order valence-electron chi connectivity index (χ0n) is 16.5. The fourth-order valence-electron chi connectivity index (χ4n) is 3.27. The zero-order valence-corrected chi connectivity index (χ0v) is 17.3. The Balaban J connectivity index is 1.64. The van der Waals surface area contributed by atoms with Crippen molar-refractivity contribution < 1.29 is 40.6 Å². The van der Waals surface area contributed by atoms with E-state index in [0.717, 1.165) is 12.1 Å². The Morgan fingerprint density at radius 2 is 1.61 bits per heavy atom. The first kappa shape index (κ1) is 22.7. The summed E-state index contributed by atoms with van der Waals surface area (Å²) in [4.78, 5) is 12.7. The molecular weight excluding hydrogens is 474 g/mol. The minimum absolute atomic E-state index is 0.00567. The first-order chi connectivity index (χ1) is 15.6. The van der Waals surface area contributed by atoms with Gasteiger partial charge in [-0.1, -0.05) is 17.7 Å². The molecule has 0 N–H and O–H groups in total. The first-order valence-electron chi connectivity index (χ1n) is 9.26. The maximum Gasteiger partial charge on any atom is 0.232 e. The predicted octanol–water partition coefficient (Wildman–Crippen LogP) is 6.68. The lowest BCUT2D eigenvalue weighted by molar-refractivity contribution is 0.101. The minimum Gasteiger partial charge on any atom is -0.489 e. The van der Waals surface area contributed by atoms with E-state index in [4.69, 9.17) is 21.1 Å². The highest BCUT2D eigenvalue weighted by Gasteiger charge is 2.31. The van der Waals surface area contributed by atoms with Crippen molar-refractivity contribution in [1.29, 1.82) is 0 Å². The molecule has 1 aliphatic heterocycles. The molecule has 0 unspecified atom stereocenters. The summed E-state index contributed by atoms with van der Waals surface area (Å²) < 4.78 is 92.4. The van der Waals surface area contributed by atoms with Crippen molar-refractivity contribution in [2.24, 2.45) is 0 Å². The number of hydrogen-bond acceptors (Lipinski definition) is 3. The van der Waals surface area contributed by atoms with Crippen LogP contribution in [0.3, 0.4) is 0 Å². The molecule has 0 aromatic heterocycles. The van der Waals surface area contributed by atoms with Crippen LogP contribution >= 0.6 is 11.6 Å². The largest absolute Gasteiger partial charge is 0.489 e. The molecule has 0 radical (unpaired) electrons. The van der Waals surface area contributed by atoms with E-state index in [0.29, 0.717) is 5.56 Å². The molecule has 0 aliphatic carbocycles. The molecule has 0 saturated carbocycles. The van der Waals surface area contributed by atoms with Crippen molar-refractivity contribution in [2.75, 3.05) is 0 Å². The van der Waals surface area contributed by atoms with Crippen molar-refractivity contribution in [2.45, 2.75) is 13.5 Å². The molecule has 0 spiro atoms. The van der Waals surface area contributed by atoms with Gasteiger partial charge in [0.05, 0.1) is 16.1 Å². The maximum absolute atomic E-state index is 14.1. The summed E-state index contributed by atoms with van der Waals surface area (Å²) in [6, 6.07) is 6.51. The third-order valence-corrected chi connectivity index (χ3v) is 5.23. The Morgan fingerprint density at radius 3 is 2.24 bits per heavy atom. The van der Waals surface area contributed by atoms with Gasteiger partial charge in [-0.3, -0.25) is 4.79 Å². The number of allylic oxidation sites excluding steroid dienone is 1. The lowest BCUT2D eigenvalue weighted by atomic mass is 10.0. The summed E-state index contributed by atoms with van der Waals surface area (Å²) in [7, 11) is 0. The molecular formula is C23H11ClF6O3. The molecule has 4 rings (SSSR count). The molecule has 33 heavy (non-hydrogen) atoms. The summed E-state index contributed by atoms with van der Waals surface area (Å²) in [5.41, 5.74) is -0.739. The Kier molecular flexibility index (Phi) is 5.84. The van der Waals surface area contributed by atoms with Crippen LogP contribution in [0, 0.1) is 41.8 Å². The summed E-state index contributed by atoms with van der Waals surface area (Å²) in [5.74, 6) is -12.0. The van der Waals surface area contributed by atoms with E-state index in [-0.39, 0.29) is 33.4 Å². The Morgan fingerprint density at radius 1 is 0.970 bits per heavy atom. The molecule has 0 bridgehead atoms. The monoisotopic (exact) mass is 484 g/mol. The van der Waals surface area contributed by atoms with Crippen LogP contribution in [-0.2, 0) is 6.61 Å². The molecule has 0 fully saturated rings. The fraction of sp³-hybridized carbons (Fsp3) is 0.0870. The van der Waals surface area contributed by atoms with Gasteiger partial charge in [-0.2, -0.15) is 0 Å². The normalized spacial score (nSPS) is 13.9.